The van der Waals surface area contributed by atoms with Gasteiger partial charge in [0.1, 0.15) is 23.7 Å². The molecule has 0 spiro atoms. The standard InChI is InChI=1S/C18H19ClO4/c1-3-18(2,17(20)21)23-14-9-10-15(19)16(11-14)22-12-13-7-5-4-6-8-13/h4-11H,3,12H2,1-2H3,(H,20,21)/p-1/t18-/m1/s1. The van der Waals surface area contributed by atoms with Crippen molar-refractivity contribution in [3.63, 3.8) is 0 Å². The first-order chi connectivity index (χ1) is 10.9. The van der Waals surface area contributed by atoms with Crippen LogP contribution in [-0.4, -0.2) is 11.6 Å². The van der Waals surface area contributed by atoms with Crippen LogP contribution in [0.4, 0.5) is 0 Å². The number of carboxylic acids is 1. The molecular formula is C18H18ClO4-. The minimum Gasteiger partial charge on any atom is -0.546 e. The average molecular weight is 334 g/mol. The normalized spacial score (nSPS) is 13.2. The SMILES string of the molecule is CC[C@@](C)(Oc1ccc(Cl)c(OCc2ccccc2)c1)C(=O)[O-]. The first-order valence-electron chi connectivity index (χ1n) is 7.31. The number of carbonyl (C=O) groups is 1. The molecule has 23 heavy (non-hydrogen) atoms. The number of carbonyl (C=O) groups excluding carboxylic acids is 1. The third-order valence-corrected chi connectivity index (χ3v) is 3.90. The van der Waals surface area contributed by atoms with E-state index in [1.807, 2.05) is 30.3 Å². The second-order valence-electron chi connectivity index (χ2n) is 5.34. The molecule has 0 bridgehead atoms. The van der Waals surface area contributed by atoms with E-state index < -0.39 is 11.6 Å². The highest BCUT2D eigenvalue weighted by atomic mass is 35.5. The smallest absolute Gasteiger partial charge is 0.145 e. The van der Waals surface area contributed by atoms with Crippen LogP contribution in [0.5, 0.6) is 11.5 Å². The van der Waals surface area contributed by atoms with Gasteiger partial charge in [-0.15, -0.1) is 0 Å². The first-order valence-corrected chi connectivity index (χ1v) is 7.69. The summed E-state index contributed by atoms with van der Waals surface area (Å²) in [5.74, 6) is -0.461. The molecule has 0 aromatic heterocycles. The van der Waals surface area contributed by atoms with Crippen LogP contribution in [0.15, 0.2) is 48.5 Å². The number of hydrogen-bond acceptors (Lipinski definition) is 4. The van der Waals surface area contributed by atoms with E-state index in [-0.39, 0.29) is 6.42 Å². The molecule has 0 saturated carbocycles. The second kappa shape index (κ2) is 7.38. The minimum absolute atomic E-state index is 0.276. The van der Waals surface area contributed by atoms with Gasteiger partial charge in [-0.3, -0.25) is 0 Å². The predicted octanol–water partition coefficient (Wildman–Crippen LogP) is 3.22. The highest BCUT2D eigenvalue weighted by molar-refractivity contribution is 6.32. The zero-order valence-electron chi connectivity index (χ0n) is 13.0. The van der Waals surface area contributed by atoms with E-state index in [1.54, 1.807) is 25.1 Å². The van der Waals surface area contributed by atoms with Crippen molar-refractivity contribution in [2.75, 3.05) is 0 Å². The van der Waals surface area contributed by atoms with Crippen molar-refractivity contribution in [1.82, 2.24) is 0 Å². The molecule has 0 heterocycles. The van der Waals surface area contributed by atoms with Gasteiger partial charge in [0.15, 0.2) is 0 Å². The summed E-state index contributed by atoms with van der Waals surface area (Å²) in [6, 6.07) is 14.5. The Labute approximate surface area is 140 Å². The molecule has 0 radical (unpaired) electrons. The lowest BCUT2D eigenvalue weighted by Gasteiger charge is -2.30. The average Bonchev–Trinajstić information content (AvgIpc) is 2.56. The van der Waals surface area contributed by atoms with Crippen LogP contribution in [0, 0.1) is 0 Å². The Kier molecular flexibility index (Phi) is 5.50. The summed E-state index contributed by atoms with van der Waals surface area (Å²) < 4.78 is 11.3. The van der Waals surface area contributed by atoms with Crippen molar-refractivity contribution in [1.29, 1.82) is 0 Å². The third-order valence-electron chi connectivity index (χ3n) is 3.59. The van der Waals surface area contributed by atoms with E-state index in [2.05, 4.69) is 0 Å². The van der Waals surface area contributed by atoms with Crippen LogP contribution in [0.2, 0.25) is 5.02 Å². The lowest BCUT2D eigenvalue weighted by Crippen LogP contribution is -2.49. The Morgan fingerprint density at radius 1 is 1.22 bits per heavy atom. The van der Waals surface area contributed by atoms with Crippen LogP contribution in [0.3, 0.4) is 0 Å². The van der Waals surface area contributed by atoms with Gasteiger partial charge in [0.2, 0.25) is 0 Å². The van der Waals surface area contributed by atoms with Gasteiger partial charge in [0.05, 0.1) is 11.0 Å². The quantitative estimate of drug-likeness (QED) is 0.780. The second-order valence-corrected chi connectivity index (χ2v) is 5.75. The molecule has 0 aliphatic heterocycles. The molecule has 0 fully saturated rings. The first kappa shape index (κ1) is 17.2. The topological polar surface area (TPSA) is 58.6 Å². The van der Waals surface area contributed by atoms with Crippen molar-refractivity contribution in [3.05, 3.63) is 59.1 Å². The van der Waals surface area contributed by atoms with E-state index in [4.69, 9.17) is 21.1 Å². The van der Waals surface area contributed by atoms with Crippen molar-refractivity contribution < 1.29 is 19.4 Å². The number of aliphatic carboxylic acids is 1. The fraction of sp³-hybridized carbons (Fsp3) is 0.278. The fourth-order valence-corrected chi connectivity index (χ4v) is 2.08. The molecule has 2 aromatic carbocycles. The lowest BCUT2D eigenvalue weighted by molar-refractivity contribution is -0.321. The van der Waals surface area contributed by atoms with Crippen molar-refractivity contribution >= 4 is 17.6 Å². The Morgan fingerprint density at radius 3 is 2.52 bits per heavy atom. The molecule has 0 amide bonds. The zero-order valence-corrected chi connectivity index (χ0v) is 13.8. The van der Waals surface area contributed by atoms with Crippen LogP contribution in [0.25, 0.3) is 0 Å². The lowest BCUT2D eigenvalue weighted by atomic mass is 10.0. The third kappa shape index (κ3) is 4.39. The highest BCUT2D eigenvalue weighted by Gasteiger charge is 2.26. The Hall–Kier alpha value is -2.20. The zero-order chi connectivity index (χ0) is 16.9. The Morgan fingerprint density at radius 2 is 1.91 bits per heavy atom. The number of ether oxygens (including phenoxy) is 2. The van der Waals surface area contributed by atoms with E-state index in [9.17, 15) is 9.90 Å². The van der Waals surface area contributed by atoms with E-state index in [1.165, 1.54) is 6.92 Å². The predicted molar refractivity (Wildman–Crippen MR) is 86.6 cm³/mol. The fourth-order valence-electron chi connectivity index (χ4n) is 1.91. The molecule has 0 unspecified atom stereocenters. The monoisotopic (exact) mass is 333 g/mol. The number of carboxylic acid groups (broad SMARTS) is 1. The summed E-state index contributed by atoms with van der Waals surface area (Å²) in [6.45, 7) is 3.55. The molecule has 122 valence electrons. The van der Waals surface area contributed by atoms with Gasteiger partial charge < -0.3 is 19.4 Å². The van der Waals surface area contributed by atoms with Gasteiger partial charge in [-0.2, -0.15) is 0 Å². The van der Waals surface area contributed by atoms with Crippen LogP contribution >= 0.6 is 11.6 Å². The molecule has 0 saturated heterocycles. The van der Waals surface area contributed by atoms with E-state index >= 15 is 0 Å². The van der Waals surface area contributed by atoms with Crippen LogP contribution in [-0.2, 0) is 11.4 Å². The van der Waals surface area contributed by atoms with E-state index in [0.29, 0.717) is 23.1 Å². The highest BCUT2D eigenvalue weighted by Crippen LogP contribution is 2.32. The maximum absolute atomic E-state index is 11.2. The minimum atomic E-state index is -1.40. The molecule has 0 aliphatic rings. The van der Waals surface area contributed by atoms with Gasteiger partial charge in [-0.25, -0.2) is 0 Å². The summed E-state index contributed by atoms with van der Waals surface area (Å²) in [7, 11) is 0. The number of hydrogen-bond donors (Lipinski definition) is 0. The van der Waals surface area contributed by atoms with Crippen molar-refractivity contribution in [2.24, 2.45) is 0 Å². The van der Waals surface area contributed by atoms with Gasteiger partial charge in [0, 0.05) is 6.07 Å². The number of benzene rings is 2. The molecule has 2 aromatic rings. The summed E-state index contributed by atoms with van der Waals surface area (Å²) in [5.41, 5.74) is -0.395. The molecule has 2 rings (SSSR count). The number of halogens is 1. The molecule has 5 heteroatoms. The largest absolute Gasteiger partial charge is 0.546 e. The molecule has 0 aliphatic carbocycles. The molecular weight excluding hydrogens is 316 g/mol. The summed E-state index contributed by atoms with van der Waals surface area (Å²) >= 11 is 6.12. The maximum Gasteiger partial charge on any atom is 0.145 e. The molecule has 4 nitrogen and oxygen atoms in total. The van der Waals surface area contributed by atoms with Crippen molar-refractivity contribution in [2.45, 2.75) is 32.5 Å². The van der Waals surface area contributed by atoms with Crippen LogP contribution < -0.4 is 14.6 Å². The van der Waals surface area contributed by atoms with E-state index in [0.717, 1.165) is 5.56 Å². The summed E-state index contributed by atoms with van der Waals surface area (Å²) in [5, 5.41) is 11.7. The Bertz CT molecular complexity index is 672. The molecule has 0 N–H and O–H groups in total. The van der Waals surface area contributed by atoms with Gasteiger partial charge in [-0.05, 0) is 31.0 Å². The molecule has 1 atom stereocenters. The summed E-state index contributed by atoms with van der Waals surface area (Å²) in [4.78, 5) is 11.2. The Balaban J connectivity index is 2.14. The van der Waals surface area contributed by atoms with Crippen LogP contribution in [0.1, 0.15) is 25.8 Å². The van der Waals surface area contributed by atoms with Gasteiger partial charge in [-0.1, -0.05) is 48.9 Å². The maximum atomic E-state index is 11.2. The number of rotatable bonds is 7. The van der Waals surface area contributed by atoms with Gasteiger partial charge >= 0.3 is 0 Å². The summed E-state index contributed by atoms with van der Waals surface area (Å²) in [6.07, 6.45) is 0.276. The van der Waals surface area contributed by atoms with Crippen molar-refractivity contribution in [3.8, 4) is 11.5 Å². The van der Waals surface area contributed by atoms with Gasteiger partial charge in [0.25, 0.3) is 0 Å².